The number of pyridine rings is 1. The molecule has 3 rings (SSSR count). The molecule has 0 spiro atoms. The number of hydrogen-bond donors (Lipinski definition) is 0. The quantitative estimate of drug-likeness (QED) is 0.288. The molecule has 0 atom stereocenters. The van der Waals surface area contributed by atoms with E-state index in [0.717, 1.165) is 5.69 Å². The van der Waals surface area contributed by atoms with E-state index in [-0.39, 0.29) is 17.2 Å². The van der Waals surface area contributed by atoms with Gasteiger partial charge in [-0.15, -0.1) is 0 Å². The van der Waals surface area contributed by atoms with Crippen LogP contribution in [0.1, 0.15) is 5.56 Å². The van der Waals surface area contributed by atoms with Gasteiger partial charge >= 0.3 is 10.1 Å². The van der Waals surface area contributed by atoms with Gasteiger partial charge in [0.05, 0.1) is 4.92 Å². The Morgan fingerprint density at radius 1 is 0.962 bits per heavy atom. The number of benzene rings is 2. The zero-order valence-corrected chi connectivity index (χ0v) is 14.4. The van der Waals surface area contributed by atoms with Crippen LogP contribution in [0.3, 0.4) is 0 Å². The van der Waals surface area contributed by atoms with E-state index in [1.807, 2.05) is 41.2 Å². The van der Waals surface area contributed by atoms with Crippen molar-refractivity contribution < 1.29 is 22.1 Å². The fraction of sp³-hybridized carbons (Fsp3) is 0.0556. The second kappa shape index (κ2) is 7.32. The van der Waals surface area contributed by atoms with E-state index in [2.05, 4.69) is 0 Å². The molecular formula is C18H15N2O5S+. The molecule has 0 amide bonds. The fourth-order valence-corrected chi connectivity index (χ4v) is 3.43. The lowest BCUT2D eigenvalue weighted by atomic mass is 10.2. The van der Waals surface area contributed by atoms with E-state index >= 15 is 0 Å². The molecule has 2 aromatic carbocycles. The van der Waals surface area contributed by atoms with Gasteiger partial charge in [-0.25, -0.2) is 0 Å². The maximum atomic E-state index is 12.3. The first kappa shape index (κ1) is 17.6. The zero-order valence-electron chi connectivity index (χ0n) is 13.6. The summed E-state index contributed by atoms with van der Waals surface area (Å²) < 4.78 is 31.4. The van der Waals surface area contributed by atoms with E-state index in [1.54, 1.807) is 18.2 Å². The molecule has 0 saturated heterocycles. The number of hydrogen-bond acceptors (Lipinski definition) is 5. The highest BCUT2D eigenvalue weighted by Crippen LogP contribution is 2.20. The Balaban J connectivity index is 1.76. The van der Waals surface area contributed by atoms with Gasteiger partial charge in [-0.05, 0) is 17.7 Å². The SMILES string of the molecule is O=[N+]([O-])c1ccc(OS(=O)(=O)Cc2cccc(-[n+]3ccccc3)c2)cc1. The summed E-state index contributed by atoms with van der Waals surface area (Å²) in [5.41, 5.74) is 1.26. The first-order valence-electron chi connectivity index (χ1n) is 7.65. The molecule has 8 heteroatoms. The Hall–Kier alpha value is -3.26. The predicted octanol–water partition coefficient (Wildman–Crippen LogP) is 2.78. The highest BCUT2D eigenvalue weighted by Gasteiger charge is 2.17. The monoisotopic (exact) mass is 371 g/mol. The van der Waals surface area contributed by atoms with Crippen LogP contribution < -0.4 is 8.75 Å². The molecule has 132 valence electrons. The van der Waals surface area contributed by atoms with Gasteiger partial charge in [0.25, 0.3) is 5.69 Å². The summed E-state index contributed by atoms with van der Waals surface area (Å²) in [5, 5.41) is 10.6. The first-order valence-corrected chi connectivity index (χ1v) is 9.23. The molecule has 0 saturated carbocycles. The fourth-order valence-electron chi connectivity index (χ4n) is 2.38. The van der Waals surface area contributed by atoms with E-state index in [0.29, 0.717) is 5.56 Å². The molecule has 0 bridgehead atoms. The highest BCUT2D eigenvalue weighted by atomic mass is 32.2. The van der Waals surface area contributed by atoms with Gasteiger partial charge in [-0.2, -0.15) is 13.0 Å². The number of aromatic nitrogens is 1. The second-order valence-electron chi connectivity index (χ2n) is 5.49. The Morgan fingerprint density at radius 3 is 2.31 bits per heavy atom. The van der Waals surface area contributed by atoms with E-state index in [9.17, 15) is 18.5 Å². The predicted molar refractivity (Wildman–Crippen MR) is 94.3 cm³/mol. The van der Waals surface area contributed by atoms with Crippen molar-refractivity contribution in [3.63, 3.8) is 0 Å². The Bertz CT molecular complexity index is 1020. The molecule has 3 aromatic rings. The summed E-state index contributed by atoms with van der Waals surface area (Å²) in [6.07, 6.45) is 3.72. The minimum atomic E-state index is -3.90. The topological polar surface area (TPSA) is 90.4 Å². The number of rotatable bonds is 6. The van der Waals surface area contributed by atoms with Gasteiger partial charge in [0, 0.05) is 36.4 Å². The standard InChI is InChI=1S/C18H15N2O5S/c21-20(22)16-7-9-18(10-8-16)25-26(23,24)14-15-5-4-6-17(13-15)19-11-2-1-3-12-19/h1-13H,14H2/q+1. The van der Waals surface area contributed by atoms with Crippen LogP contribution in [-0.2, 0) is 15.9 Å². The first-order chi connectivity index (χ1) is 12.4. The molecular weight excluding hydrogens is 356 g/mol. The molecule has 7 nitrogen and oxygen atoms in total. The van der Waals surface area contributed by atoms with Gasteiger partial charge in [0.1, 0.15) is 11.5 Å². The smallest absolute Gasteiger partial charge is 0.313 e. The molecule has 26 heavy (non-hydrogen) atoms. The maximum absolute atomic E-state index is 12.3. The Labute approximate surface area is 150 Å². The van der Waals surface area contributed by atoms with Crippen molar-refractivity contribution in [1.29, 1.82) is 0 Å². The minimum absolute atomic E-state index is 0.0317. The van der Waals surface area contributed by atoms with Crippen LogP contribution in [0, 0.1) is 10.1 Å². The van der Waals surface area contributed by atoms with E-state index < -0.39 is 15.0 Å². The van der Waals surface area contributed by atoms with Crippen LogP contribution in [0.2, 0.25) is 0 Å². The molecule has 0 fully saturated rings. The van der Waals surface area contributed by atoms with Crippen molar-refractivity contribution in [2.75, 3.05) is 0 Å². The lowest BCUT2D eigenvalue weighted by Gasteiger charge is -2.07. The van der Waals surface area contributed by atoms with E-state index in [1.165, 1.54) is 24.3 Å². The summed E-state index contributed by atoms with van der Waals surface area (Å²) >= 11 is 0. The molecule has 1 heterocycles. The summed E-state index contributed by atoms with van der Waals surface area (Å²) in [6, 6.07) is 17.6. The third kappa shape index (κ3) is 4.42. The Morgan fingerprint density at radius 2 is 1.65 bits per heavy atom. The lowest BCUT2D eigenvalue weighted by Crippen LogP contribution is -2.29. The average molecular weight is 371 g/mol. The van der Waals surface area contributed by atoms with Crippen LogP contribution in [0.5, 0.6) is 5.75 Å². The normalized spacial score (nSPS) is 11.1. The number of nitro groups is 1. The zero-order chi connectivity index (χ0) is 18.6. The molecule has 0 N–H and O–H groups in total. The minimum Gasteiger partial charge on any atom is -0.382 e. The van der Waals surface area contributed by atoms with Crippen LogP contribution >= 0.6 is 0 Å². The van der Waals surface area contributed by atoms with Crippen LogP contribution in [-0.4, -0.2) is 13.3 Å². The number of nitrogens with zero attached hydrogens (tertiary/aromatic N) is 2. The van der Waals surface area contributed by atoms with Crippen LogP contribution in [0.4, 0.5) is 5.69 Å². The summed E-state index contributed by atoms with van der Waals surface area (Å²) in [4.78, 5) is 10.1. The molecule has 1 aromatic heterocycles. The average Bonchev–Trinajstić information content (AvgIpc) is 2.62. The Kier molecular flexibility index (Phi) is 4.94. The van der Waals surface area contributed by atoms with E-state index in [4.69, 9.17) is 4.18 Å². The second-order valence-corrected chi connectivity index (χ2v) is 7.06. The molecule has 0 radical (unpaired) electrons. The van der Waals surface area contributed by atoms with Gasteiger partial charge in [0.15, 0.2) is 12.4 Å². The molecule has 0 aliphatic heterocycles. The van der Waals surface area contributed by atoms with Crippen molar-refractivity contribution in [1.82, 2.24) is 0 Å². The maximum Gasteiger partial charge on any atom is 0.313 e. The molecule has 0 aliphatic rings. The van der Waals surface area contributed by atoms with Crippen molar-refractivity contribution in [2.24, 2.45) is 0 Å². The van der Waals surface area contributed by atoms with Gasteiger partial charge in [-0.1, -0.05) is 18.2 Å². The van der Waals surface area contributed by atoms with Crippen molar-refractivity contribution >= 4 is 15.8 Å². The summed E-state index contributed by atoms with van der Waals surface area (Å²) in [7, 11) is -3.90. The number of non-ortho nitro benzene ring substituents is 1. The third-order valence-corrected chi connectivity index (χ3v) is 4.67. The van der Waals surface area contributed by atoms with Crippen molar-refractivity contribution in [3.8, 4) is 11.4 Å². The van der Waals surface area contributed by atoms with Crippen molar-refractivity contribution in [3.05, 3.63) is 94.8 Å². The van der Waals surface area contributed by atoms with Gasteiger partial charge in [-0.3, -0.25) is 10.1 Å². The van der Waals surface area contributed by atoms with Gasteiger partial charge in [0.2, 0.25) is 5.69 Å². The van der Waals surface area contributed by atoms with Gasteiger partial charge < -0.3 is 4.18 Å². The molecule has 0 unspecified atom stereocenters. The van der Waals surface area contributed by atoms with Crippen LogP contribution in [0.15, 0.2) is 79.1 Å². The summed E-state index contributed by atoms with van der Waals surface area (Å²) in [5.74, 6) is -0.283. The highest BCUT2D eigenvalue weighted by molar-refractivity contribution is 7.86. The van der Waals surface area contributed by atoms with Crippen LogP contribution in [0.25, 0.3) is 5.69 Å². The third-order valence-electron chi connectivity index (χ3n) is 3.54. The lowest BCUT2D eigenvalue weighted by molar-refractivity contribution is -0.595. The largest absolute Gasteiger partial charge is 0.382 e. The number of nitro benzene ring substituents is 1. The molecule has 0 aliphatic carbocycles. The summed E-state index contributed by atoms with van der Waals surface area (Å²) in [6.45, 7) is 0. The van der Waals surface area contributed by atoms with Crippen molar-refractivity contribution in [2.45, 2.75) is 5.75 Å².